The van der Waals surface area contributed by atoms with Crippen molar-refractivity contribution in [3.63, 3.8) is 0 Å². The molecular formula is C9H9F2NO. The van der Waals surface area contributed by atoms with E-state index in [-0.39, 0.29) is 12.0 Å². The van der Waals surface area contributed by atoms with Gasteiger partial charge in [0.05, 0.1) is 6.42 Å². The highest BCUT2D eigenvalue weighted by Gasteiger charge is 2.07. The van der Waals surface area contributed by atoms with E-state index in [1.165, 1.54) is 18.2 Å². The van der Waals surface area contributed by atoms with Crippen molar-refractivity contribution in [2.45, 2.75) is 12.8 Å². The van der Waals surface area contributed by atoms with E-state index in [4.69, 9.17) is 5.73 Å². The zero-order valence-electron chi connectivity index (χ0n) is 6.84. The van der Waals surface area contributed by atoms with Crippen molar-refractivity contribution >= 4 is 5.91 Å². The molecule has 0 saturated carbocycles. The average molecular weight is 185 g/mol. The highest BCUT2D eigenvalue weighted by atomic mass is 19.3. The highest BCUT2D eigenvalue weighted by molar-refractivity contribution is 5.76. The standard InChI is InChI=1S/C9H9F2NO/c10-9(11)7-3-1-2-6(4-7)5-8(12)13/h1-4,9H,5H2,(H2,12,13). The molecule has 1 aromatic rings. The minimum absolute atomic E-state index is 0.000556. The molecule has 4 heteroatoms. The van der Waals surface area contributed by atoms with Crippen molar-refractivity contribution in [3.8, 4) is 0 Å². The Labute approximate surface area is 74.4 Å². The summed E-state index contributed by atoms with van der Waals surface area (Å²) in [4.78, 5) is 10.5. The number of rotatable bonds is 3. The monoisotopic (exact) mass is 185 g/mol. The van der Waals surface area contributed by atoms with E-state index in [9.17, 15) is 13.6 Å². The largest absolute Gasteiger partial charge is 0.369 e. The van der Waals surface area contributed by atoms with Crippen LogP contribution in [0, 0.1) is 0 Å². The molecule has 0 saturated heterocycles. The number of primary amides is 1. The number of nitrogens with two attached hydrogens (primary N) is 1. The number of carbonyl (C=O) groups is 1. The molecule has 1 aromatic carbocycles. The molecule has 1 rings (SSSR count). The molecule has 0 radical (unpaired) electrons. The van der Waals surface area contributed by atoms with Crippen LogP contribution in [0.4, 0.5) is 8.78 Å². The molecule has 0 fully saturated rings. The van der Waals surface area contributed by atoms with Crippen molar-refractivity contribution in [2.75, 3.05) is 0 Å². The van der Waals surface area contributed by atoms with Crippen LogP contribution in [0.25, 0.3) is 0 Å². The van der Waals surface area contributed by atoms with Crippen molar-refractivity contribution in [1.29, 1.82) is 0 Å². The second kappa shape index (κ2) is 3.98. The quantitative estimate of drug-likeness (QED) is 0.764. The van der Waals surface area contributed by atoms with E-state index in [1.807, 2.05) is 0 Å². The van der Waals surface area contributed by atoms with Crippen LogP contribution in [0.2, 0.25) is 0 Å². The average Bonchev–Trinajstić information content (AvgIpc) is 2.03. The second-order valence-corrected chi connectivity index (χ2v) is 2.69. The van der Waals surface area contributed by atoms with Crippen LogP contribution in [0.5, 0.6) is 0 Å². The van der Waals surface area contributed by atoms with Crippen LogP contribution in [-0.2, 0) is 11.2 Å². The fourth-order valence-electron chi connectivity index (χ4n) is 1.04. The smallest absolute Gasteiger partial charge is 0.263 e. The Balaban J connectivity index is 2.85. The van der Waals surface area contributed by atoms with E-state index < -0.39 is 12.3 Å². The maximum absolute atomic E-state index is 12.2. The third-order valence-corrected chi connectivity index (χ3v) is 1.58. The van der Waals surface area contributed by atoms with Gasteiger partial charge in [0, 0.05) is 5.56 Å². The van der Waals surface area contributed by atoms with E-state index in [1.54, 1.807) is 6.07 Å². The zero-order valence-corrected chi connectivity index (χ0v) is 6.84. The zero-order chi connectivity index (χ0) is 9.84. The molecule has 2 nitrogen and oxygen atoms in total. The molecule has 2 N–H and O–H groups in total. The van der Waals surface area contributed by atoms with Crippen molar-refractivity contribution in [3.05, 3.63) is 35.4 Å². The number of benzene rings is 1. The van der Waals surface area contributed by atoms with Gasteiger partial charge in [0.1, 0.15) is 0 Å². The Bertz CT molecular complexity index is 312. The lowest BCUT2D eigenvalue weighted by Crippen LogP contribution is -2.13. The van der Waals surface area contributed by atoms with Gasteiger partial charge in [0.15, 0.2) is 0 Å². The predicted octanol–water partition coefficient (Wildman–Crippen LogP) is 1.65. The Kier molecular flexibility index (Phi) is 2.95. The van der Waals surface area contributed by atoms with Gasteiger partial charge in [-0.2, -0.15) is 0 Å². The Morgan fingerprint density at radius 3 is 2.69 bits per heavy atom. The molecule has 0 bridgehead atoms. The lowest BCUT2D eigenvalue weighted by atomic mass is 10.1. The van der Waals surface area contributed by atoms with Crippen LogP contribution in [-0.4, -0.2) is 5.91 Å². The molecule has 0 spiro atoms. The third-order valence-electron chi connectivity index (χ3n) is 1.58. The molecule has 0 aromatic heterocycles. The van der Waals surface area contributed by atoms with Gasteiger partial charge in [-0.25, -0.2) is 8.78 Å². The fourth-order valence-corrected chi connectivity index (χ4v) is 1.04. The highest BCUT2D eigenvalue weighted by Crippen LogP contribution is 2.19. The molecule has 13 heavy (non-hydrogen) atoms. The summed E-state index contributed by atoms with van der Waals surface area (Å²) in [5.41, 5.74) is 5.36. The SMILES string of the molecule is NC(=O)Cc1cccc(C(F)F)c1. The van der Waals surface area contributed by atoms with Gasteiger partial charge in [-0.3, -0.25) is 4.79 Å². The Morgan fingerprint density at radius 2 is 2.15 bits per heavy atom. The van der Waals surface area contributed by atoms with Crippen molar-refractivity contribution < 1.29 is 13.6 Å². The molecule has 70 valence electrons. The molecular weight excluding hydrogens is 176 g/mol. The Hall–Kier alpha value is -1.45. The first-order valence-electron chi connectivity index (χ1n) is 3.75. The molecule has 0 atom stereocenters. The minimum Gasteiger partial charge on any atom is -0.369 e. The second-order valence-electron chi connectivity index (χ2n) is 2.69. The first-order valence-corrected chi connectivity index (χ1v) is 3.75. The summed E-state index contributed by atoms with van der Waals surface area (Å²) in [6.07, 6.45) is -2.51. The number of amides is 1. The van der Waals surface area contributed by atoms with Crippen molar-refractivity contribution in [1.82, 2.24) is 0 Å². The van der Waals surface area contributed by atoms with Crippen LogP contribution in [0.1, 0.15) is 17.6 Å². The summed E-state index contributed by atoms with van der Waals surface area (Å²) in [5.74, 6) is -0.522. The molecule has 0 heterocycles. The van der Waals surface area contributed by atoms with Crippen molar-refractivity contribution in [2.24, 2.45) is 5.73 Å². The van der Waals surface area contributed by atoms with Crippen LogP contribution in [0.15, 0.2) is 24.3 Å². The summed E-state index contributed by atoms with van der Waals surface area (Å²) in [6, 6.07) is 5.68. The van der Waals surface area contributed by atoms with Crippen LogP contribution in [0.3, 0.4) is 0 Å². The fraction of sp³-hybridized carbons (Fsp3) is 0.222. The molecule has 0 aliphatic heterocycles. The maximum Gasteiger partial charge on any atom is 0.263 e. The summed E-state index contributed by atoms with van der Waals surface area (Å²) >= 11 is 0. The van der Waals surface area contributed by atoms with E-state index in [0.29, 0.717) is 5.56 Å². The van der Waals surface area contributed by atoms with Crippen LogP contribution < -0.4 is 5.73 Å². The van der Waals surface area contributed by atoms with Gasteiger partial charge in [-0.05, 0) is 11.6 Å². The molecule has 0 unspecified atom stereocenters. The van der Waals surface area contributed by atoms with Crippen LogP contribution >= 0.6 is 0 Å². The summed E-state index contributed by atoms with van der Waals surface area (Å²) in [5, 5.41) is 0. The van der Waals surface area contributed by atoms with E-state index >= 15 is 0 Å². The number of halogens is 2. The summed E-state index contributed by atoms with van der Waals surface area (Å²) in [7, 11) is 0. The lowest BCUT2D eigenvalue weighted by Gasteiger charge is -2.01. The van der Waals surface area contributed by atoms with Gasteiger partial charge in [-0.1, -0.05) is 18.2 Å². The topological polar surface area (TPSA) is 43.1 Å². The normalized spacial score (nSPS) is 10.4. The molecule has 1 amide bonds. The third kappa shape index (κ3) is 2.82. The van der Waals surface area contributed by atoms with Gasteiger partial charge in [0.2, 0.25) is 5.91 Å². The van der Waals surface area contributed by atoms with Gasteiger partial charge < -0.3 is 5.73 Å². The minimum atomic E-state index is -2.51. The first-order chi connectivity index (χ1) is 6.09. The van der Waals surface area contributed by atoms with E-state index in [2.05, 4.69) is 0 Å². The lowest BCUT2D eigenvalue weighted by molar-refractivity contribution is -0.117. The molecule has 0 aliphatic rings. The summed E-state index contributed by atoms with van der Waals surface area (Å²) in [6.45, 7) is 0. The van der Waals surface area contributed by atoms with E-state index in [0.717, 1.165) is 0 Å². The Morgan fingerprint density at radius 1 is 1.46 bits per heavy atom. The predicted molar refractivity (Wildman–Crippen MR) is 44.3 cm³/mol. The summed E-state index contributed by atoms with van der Waals surface area (Å²) < 4.78 is 24.3. The number of hydrogen-bond donors (Lipinski definition) is 1. The maximum atomic E-state index is 12.2. The number of alkyl halides is 2. The van der Waals surface area contributed by atoms with Gasteiger partial charge in [0.25, 0.3) is 6.43 Å². The number of carbonyl (C=O) groups excluding carboxylic acids is 1. The van der Waals surface area contributed by atoms with Gasteiger partial charge >= 0.3 is 0 Å². The van der Waals surface area contributed by atoms with Gasteiger partial charge in [-0.15, -0.1) is 0 Å². The first kappa shape index (κ1) is 9.64. The number of hydrogen-bond acceptors (Lipinski definition) is 1. The molecule has 0 aliphatic carbocycles.